The van der Waals surface area contributed by atoms with Crippen LogP contribution in [0, 0.1) is 0 Å². The summed E-state index contributed by atoms with van der Waals surface area (Å²) >= 11 is 5.16. The van der Waals surface area contributed by atoms with Crippen molar-refractivity contribution in [3.05, 3.63) is 71.8 Å². The normalized spacial score (nSPS) is 8.73. The lowest BCUT2D eigenvalue weighted by atomic mass is 10.2. The lowest BCUT2D eigenvalue weighted by Gasteiger charge is -2.06. The van der Waals surface area contributed by atoms with Crippen LogP contribution in [-0.4, -0.2) is 68.0 Å². The molecule has 0 saturated heterocycles. The van der Waals surface area contributed by atoms with Crippen LogP contribution in [0.1, 0.15) is 155 Å². The summed E-state index contributed by atoms with van der Waals surface area (Å²) < 4.78 is 0. The van der Waals surface area contributed by atoms with E-state index in [1.54, 1.807) is 43.3 Å². The number of rotatable bonds is 20. The van der Waals surface area contributed by atoms with Gasteiger partial charge in [-0.05, 0) is 95.2 Å². The maximum atomic E-state index is 11.7. The Kier molecular flexibility index (Phi) is 63.1. The topological polar surface area (TPSA) is 200 Å². The minimum absolute atomic E-state index is 0. The number of hydrogen-bond acceptors (Lipinski definition) is 8. The SMILES string of the molecule is C.C.C.C.CCC(=O)NCCCCCN.CCC(=O)NCCCCCNC(=O)c1ccccc1.CCC(C)=O.NCCCCCN.O=C(Cl)c1ccccc1. The highest BCUT2D eigenvalue weighted by molar-refractivity contribution is 6.67. The fourth-order valence-electron chi connectivity index (χ4n) is 3.51. The van der Waals surface area contributed by atoms with Crippen LogP contribution in [0.5, 0.6) is 0 Å². The molecule has 11 nitrogen and oxygen atoms in total. The van der Waals surface area contributed by atoms with Gasteiger partial charge in [0.15, 0.2) is 0 Å². The van der Waals surface area contributed by atoms with Crippen LogP contribution >= 0.6 is 11.6 Å². The van der Waals surface area contributed by atoms with Gasteiger partial charge in [-0.2, -0.15) is 0 Å². The molecule has 0 fully saturated rings. The molecule has 2 aromatic rings. The fraction of sp³-hybridized carbons (Fsp3) is 0.605. The standard InChI is InChI=1S/C15H22N2O2.C8H18N2O.C7H5ClO.C5H14N2.C4H8O.4CH4/c1-2-14(18)16-11-7-4-8-12-17-15(19)13-9-5-3-6-10-13;1-2-8(11)10-7-5-3-4-6-9;8-7(9)6-4-2-1-3-5-6;6-4-2-1-3-5-7;1-3-4(2)5;;;;/h3,5-6,9-10H,2,4,7-8,11-12H2,1H3,(H,16,18)(H,17,19);2-7,9H2,1H3,(H,10,11);1-5H;1-7H2;3H2,1-2H3;4*1H4. The Balaban J connectivity index is -0.000000111. The molecular weight excluding hydrogens is 716 g/mol. The highest BCUT2D eigenvalue weighted by Crippen LogP contribution is 2.01. The number of nitrogens with two attached hydrogens (primary N) is 3. The first-order chi connectivity index (χ1) is 24.5. The first-order valence-electron chi connectivity index (χ1n) is 18.2. The molecule has 0 aromatic heterocycles. The number of ketones is 1. The molecule has 2 aromatic carbocycles. The summed E-state index contributed by atoms with van der Waals surface area (Å²) in [5.74, 6) is 0.458. The van der Waals surface area contributed by atoms with Crippen molar-refractivity contribution in [1.29, 1.82) is 0 Å². The van der Waals surface area contributed by atoms with Crippen LogP contribution in [0.2, 0.25) is 0 Å². The third-order valence-electron chi connectivity index (χ3n) is 6.75. The number of hydrogen-bond donors (Lipinski definition) is 6. The van der Waals surface area contributed by atoms with Gasteiger partial charge in [0.2, 0.25) is 11.8 Å². The molecule has 12 heteroatoms. The Hall–Kier alpha value is -3.64. The molecule has 2 rings (SSSR count). The van der Waals surface area contributed by atoms with E-state index in [0.717, 1.165) is 84.1 Å². The number of carbonyl (C=O) groups excluding carboxylic acids is 5. The van der Waals surface area contributed by atoms with Gasteiger partial charge >= 0.3 is 0 Å². The van der Waals surface area contributed by atoms with Crippen molar-refractivity contribution in [3.8, 4) is 0 Å². The predicted octanol–water partition coefficient (Wildman–Crippen LogP) is 8.42. The zero-order chi connectivity index (χ0) is 39.0. The average Bonchev–Trinajstić information content (AvgIpc) is 3.16. The molecule has 0 bridgehead atoms. The summed E-state index contributed by atoms with van der Waals surface area (Å²) in [6.07, 6.45) is 11.3. The molecular formula is C43H83ClN6O5. The Morgan fingerprint density at radius 3 is 1.09 bits per heavy atom. The molecule has 0 atom stereocenters. The number of unbranched alkanes of at least 4 members (excludes halogenated alkanes) is 6. The molecule has 0 aliphatic rings. The lowest BCUT2D eigenvalue weighted by molar-refractivity contribution is -0.121. The molecule has 55 heavy (non-hydrogen) atoms. The highest BCUT2D eigenvalue weighted by atomic mass is 35.5. The first kappa shape index (κ1) is 66.2. The lowest BCUT2D eigenvalue weighted by Crippen LogP contribution is -2.25. The van der Waals surface area contributed by atoms with E-state index in [2.05, 4.69) is 16.0 Å². The number of carbonyl (C=O) groups is 5. The van der Waals surface area contributed by atoms with Crippen LogP contribution in [0.4, 0.5) is 0 Å². The van der Waals surface area contributed by atoms with Gasteiger partial charge in [-0.15, -0.1) is 0 Å². The van der Waals surface area contributed by atoms with Crippen molar-refractivity contribution >= 4 is 40.3 Å². The van der Waals surface area contributed by atoms with Gasteiger partial charge in [-0.3, -0.25) is 19.2 Å². The Labute approximate surface area is 342 Å². The van der Waals surface area contributed by atoms with Crippen molar-refractivity contribution in [3.63, 3.8) is 0 Å². The van der Waals surface area contributed by atoms with E-state index in [4.69, 9.17) is 28.8 Å². The first-order valence-corrected chi connectivity index (χ1v) is 18.6. The summed E-state index contributed by atoms with van der Waals surface area (Å²) in [7, 11) is 0. The van der Waals surface area contributed by atoms with E-state index < -0.39 is 5.24 Å². The quantitative estimate of drug-likeness (QED) is 0.0566. The van der Waals surface area contributed by atoms with E-state index in [1.165, 1.54) is 6.42 Å². The Morgan fingerprint density at radius 2 is 0.800 bits per heavy atom. The second-order valence-electron chi connectivity index (χ2n) is 11.3. The molecule has 3 amide bonds. The van der Waals surface area contributed by atoms with Crippen molar-refractivity contribution in [2.24, 2.45) is 17.2 Å². The van der Waals surface area contributed by atoms with Gasteiger partial charge in [0.25, 0.3) is 11.1 Å². The highest BCUT2D eigenvalue weighted by Gasteiger charge is 2.03. The van der Waals surface area contributed by atoms with Crippen molar-refractivity contribution in [1.82, 2.24) is 16.0 Å². The zero-order valence-corrected chi connectivity index (χ0v) is 32.4. The second kappa shape index (κ2) is 52.5. The number of nitrogens with one attached hydrogen (secondary N) is 3. The third-order valence-corrected chi connectivity index (χ3v) is 6.97. The molecule has 0 saturated carbocycles. The van der Waals surface area contributed by atoms with Gasteiger partial charge in [-0.25, -0.2) is 0 Å². The van der Waals surface area contributed by atoms with E-state index in [0.29, 0.717) is 36.9 Å². The largest absolute Gasteiger partial charge is 0.356 e. The monoisotopic (exact) mass is 799 g/mol. The maximum Gasteiger partial charge on any atom is 0.252 e. The van der Waals surface area contributed by atoms with Crippen LogP contribution in [0.3, 0.4) is 0 Å². The molecule has 0 spiro atoms. The minimum atomic E-state index is -0.407. The fourth-order valence-corrected chi connectivity index (χ4v) is 3.63. The van der Waals surface area contributed by atoms with Gasteiger partial charge < -0.3 is 37.9 Å². The van der Waals surface area contributed by atoms with Crippen molar-refractivity contribution < 1.29 is 24.0 Å². The molecule has 0 heterocycles. The van der Waals surface area contributed by atoms with Gasteiger partial charge in [0.05, 0.1) is 0 Å². The van der Waals surface area contributed by atoms with E-state index in [-0.39, 0.29) is 53.2 Å². The van der Waals surface area contributed by atoms with E-state index in [9.17, 15) is 24.0 Å². The summed E-state index contributed by atoms with van der Waals surface area (Å²) in [6.45, 7) is 11.7. The van der Waals surface area contributed by atoms with Crippen LogP contribution < -0.4 is 33.2 Å². The zero-order valence-electron chi connectivity index (χ0n) is 31.7. The average molecular weight is 800 g/mol. The minimum Gasteiger partial charge on any atom is -0.356 e. The van der Waals surface area contributed by atoms with Crippen LogP contribution in [0.25, 0.3) is 0 Å². The maximum absolute atomic E-state index is 11.7. The number of halogens is 1. The van der Waals surface area contributed by atoms with Gasteiger partial charge in [0, 0.05) is 50.0 Å². The summed E-state index contributed by atoms with van der Waals surface area (Å²) in [5, 5.41) is 8.12. The summed E-state index contributed by atoms with van der Waals surface area (Å²) in [5.41, 5.74) is 17.0. The number of amides is 3. The smallest absolute Gasteiger partial charge is 0.252 e. The van der Waals surface area contributed by atoms with Crippen molar-refractivity contribution in [2.45, 2.75) is 134 Å². The number of benzene rings is 2. The molecule has 9 N–H and O–H groups in total. The van der Waals surface area contributed by atoms with Gasteiger partial charge in [-0.1, -0.05) is 112 Å². The molecule has 0 aliphatic carbocycles. The molecule has 0 radical (unpaired) electrons. The summed E-state index contributed by atoms with van der Waals surface area (Å²) in [4.78, 5) is 53.6. The van der Waals surface area contributed by atoms with Gasteiger partial charge in [0.1, 0.15) is 5.78 Å². The predicted molar refractivity (Wildman–Crippen MR) is 239 cm³/mol. The van der Waals surface area contributed by atoms with Crippen LogP contribution in [0.15, 0.2) is 60.7 Å². The summed E-state index contributed by atoms with van der Waals surface area (Å²) in [6, 6.07) is 17.9. The van der Waals surface area contributed by atoms with Crippen LogP contribution in [-0.2, 0) is 14.4 Å². The van der Waals surface area contributed by atoms with E-state index >= 15 is 0 Å². The Bertz CT molecular complexity index is 1120. The Morgan fingerprint density at radius 1 is 0.491 bits per heavy atom. The second-order valence-corrected chi connectivity index (χ2v) is 11.6. The van der Waals surface area contributed by atoms with E-state index in [1.807, 2.05) is 45.0 Å². The third kappa shape index (κ3) is 52.5. The molecule has 0 unspecified atom stereocenters. The molecule has 0 aliphatic heterocycles. The molecule has 322 valence electrons. The number of Topliss-reactive ketones (excluding diaryl/α,β-unsaturated/α-hetero) is 1. The van der Waals surface area contributed by atoms with Crippen molar-refractivity contribution in [2.75, 3.05) is 39.3 Å².